The molecule has 7 nitrogen and oxygen atoms in total. The highest BCUT2D eigenvalue weighted by atomic mass is 35.5. The van der Waals surface area contributed by atoms with Gasteiger partial charge in [-0.05, 0) is 71.4 Å². The van der Waals surface area contributed by atoms with E-state index in [-0.39, 0.29) is 18.2 Å². The number of ether oxygens (including phenoxy) is 3. The Bertz CT molecular complexity index is 1370. The summed E-state index contributed by atoms with van der Waals surface area (Å²) in [6.07, 6.45) is 1.61. The number of carbonyl (C=O) groups excluding carboxylic acids is 3. The maximum atomic E-state index is 12.9. The largest absolute Gasteiger partial charge is 0.454 e. The van der Waals surface area contributed by atoms with Crippen molar-refractivity contribution in [3.05, 3.63) is 92.3 Å². The van der Waals surface area contributed by atoms with E-state index in [0.717, 1.165) is 16.7 Å². The number of fused-ring (bicyclic) bond motifs is 1. The van der Waals surface area contributed by atoms with E-state index in [0.29, 0.717) is 44.0 Å². The van der Waals surface area contributed by atoms with Crippen molar-refractivity contribution in [1.29, 1.82) is 0 Å². The standard InChI is InChI=1S/C25H15Cl2NO6S/c26-17-5-3-15(4-6-17)24(30)34-18-7-1-14(2-8-18)9-22-23(29)28(25(31)35-22)12-16-10-20-21(11-19(16)27)33-13-32-20/h1-11H,12-13H2/b22-9-. The first kappa shape index (κ1) is 23.3. The van der Waals surface area contributed by atoms with Gasteiger partial charge in [0.1, 0.15) is 5.75 Å². The van der Waals surface area contributed by atoms with Crippen LogP contribution in [-0.4, -0.2) is 28.8 Å². The van der Waals surface area contributed by atoms with Crippen molar-refractivity contribution in [2.45, 2.75) is 6.54 Å². The van der Waals surface area contributed by atoms with Crippen LogP contribution in [-0.2, 0) is 11.3 Å². The van der Waals surface area contributed by atoms with Crippen LogP contribution >= 0.6 is 35.0 Å². The van der Waals surface area contributed by atoms with E-state index in [4.69, 9.17) is 37.4 Å². The minimum absolute atomic E-state index is 0.0110. The zero-order valence-corrected chi connectivity index (χ0v) is 20.2. The van der Waals surface area contributed by atoms with Crippen molar-refractivity contribution in [2.24, 2.45) is 0 Å². The monoisotopic (exact) mass is 527 g/mol. The molecule has 3 aromatic carbocycles. The SMILES string of the molecule is O=C(Oc1ccc(/C=C2\SC(=O)N(Cc3cc4c(cc3Cl)OCO4)C2=O)cc1)c1ccc(Cl)cc1. The lowest BCUT2D eigenvalue weighted by molar-refractivity contribution is -0.123. The molecule has 10 heteroatoms. The summed E-state index contributed by atoms with van der Waals surface area (Å²) >= 11 is 13.0. The Labute approximate surface area is 214 Å². The molecule has 2 aliphatic rings. The lowest BCUT2D eigenvalue weighted by Crippen LogP contribution is -2.27. The molecular weight excluding hydrogens is 513 g/mol. The molecule has 0 saturated carbocycles. The minimum Gasteiger partial charge on any atom is -0.454 e. The minimum atomic E-state index is -0.516. The molecule has 0 aliphatic carbocycles. The van der Waals surface area contributed by atoms with Gasteiger partial charge in [0.15, 0.2) is 11.5 Å². The average molecular weight is 528 g/mol. The Morgan fingerprint density at radius 1 is 1.00 bits per heavy atom. The fraction of sp³-hybridized carbons (Fsp3) is 0.0800. The topological polar surface area (TPSA) is 82.1 Å². The predicted octanol–water partition coefficient (Wildman–Crippen LogP) is 6.18. The highest BCUT2D eigenvalue weighted by Gasteiger charge is 2.35. The molecule has 0 spiro atoms. The van der Waals surface area contributed by atoms with Gasteiger partial charge in [-0.15, -0.1) is 0 Å². The number of rotatable bonds is 5. The van der Waals surface area contributed by atoms with Gasteiger partial charge in [-0.1, -0.05) is 35.3 Å². The zero-order chi connectivity index (χ0) is 24.5. The summed E-state index contributed by atoms with van der Waals surface area (Å²) in [5.74, 6) is 0.441. The summed E-state index contributed by atoms with van der Waals surface area (Å²) in [6.45, 7) is 0.107. The van der Waals surface area contributed by atoms with E-state index < -0.39 is 17.1 Å². The van der Waals surface area contributed by atoms with Crippen molar-refractivity contribution in [2.75, 3.05) is 6.79 Å². The van der Waals surface area contributed by atoms with Crippen LogP contribution in [0.1, 0.15) is 21.5 Å². The van der Waals surface area contributed by atoms with Crippen LogP contribution < -0.4 is 14.2 Å². The van der Waals surface area contributed by atoms with Crippen LogP contribution in [0, 0.1) is 0 Å². The van der Waals surface area contributed by atoms with Gasteiger partial charge in [0.2, 0.25) is 6.79 Å². The fourth-order valence-electron chi connectivity index (χ4n) is 3.42. The summed E-state index contributed by atoms with van der Waals surface area (Å²) in [4.78, 5) is 39.1. The van der Waals surface area contributed by atoms with Gasteiger partial charge in [-0.2, -0.15) is 0 Å². The lowest BCUT2D eigenvalue weighted by Gasteiger charge is -2.14. The van der Waals surface area contributed by atoms with E-state index in [9.17, 15) is 14.4 Å². The Morgan fingerprint density at radius 2 is 1.69 bits per heavy atom. The van der Waals surface area contributed by atoms with Gasteiger partial charge in [-0.3, -0.25) is 14.5 Å². The molecule has 5 rings (SSSR count). The molecule has 0 bridgehead atoms. The van der Waals surface area contributed by atoms with Gasteiger partial charge in [0.05, 0.1) is 17.0 Å². The summed E-state index contributed by atoms with van der Waals surface area (Å²) in [6, 6.07) is 16.2. The number of esters is 1. The number of hydrogen-bond acceptors (Lipinski definition) is 7. The third kappa shape index (κ3) is 5.00. The van der Waals surface area contributed by atoms with Gasteiger partial charge in [0, 0.05) is 16.1 Å². The molecule has 2 heterocycles. The first-order valence-electron chi connectivity index (χ1n) is 10.3. The lowest BCUT2D eigenvalue weighted by atomic mass is 10.1. The number of amides is 2. The molecule has 2 amide bonds. The Kier molecular flexibility index (Phi) is 6.42. The molecule has 1 fully saturated rings. The first-order chi connectivity index (χ1) is 16.9. The second-order valence-electron chi connectivity index (χ2n) is 7.53. The van der Waals surface area contributed by atoms with Gasteiger partial charge >= 0.3 is 5.97 Å². The van der Waals surface area contributed by atoms with Crippen LogP contribution in [0.3, 0.4) is 0 Å². The molecule has 176 valence electrons. The van der Waals surface area contributed by atoms with Crippen LogP contribution in [0.4, 0.5) is 4.79 Å². The van der Waals surface area contributed by atoms with Gasteiger partial charge in [-0.25, -0.2) is 4.79 Å². The number of hydrogen-bond donors (Lipinski definition) is 0. The highest BCUT2D eigenvalue weighted by Crippen LogP contribution is 2.39. The molecule has 35 heavy (non-hydrogen) atoms. The quantitative estimate of drug-likeness (QED) is 0.222. The summed E-state index contributed by atoms with van der Waals surface area (Å²) in [7, 11) is 0. The highest BCUT2D eigenvalue weighted by molar-refractivity contribution is 8.18. The van der Waals surface area contributed by atoms with Crippen molar-refractivity contribution < 1.29 is 28.6 Å². The van der Waals surface area contributed by atoms with Crippen LogP contribution in [0.15, 0.2) is 65.6 Å². The average Bonchev–Trinajstić information content (AvgIpc) is 3.40. The van der Waals surface area contributed by atoms with Crippen LogP contribution in [0.5, 0.6) is 17.2 Å². The second-order valence-corrected chi connectivity index (χ2v) is 9.37. The molecule has 2 aliphatic heterocycles. The van der Waals surface area contributed by atoms with Gasteiger partial charge in [0.25, 0.3) is 11.1 Å². The third-order valence-corrected chi connectivity index (χ3v) is 6.72. The Balaban J connectivity index is 1.27. The first-order valence-corrected chi connectivity index (χ1v) is 11.9. The number of imide groups is 1. The zero-order valence-electron chi connectivity index (χ0n) is 17.8. The van der Waals surface area contributed by atoms with Crippen molar-refractivity contribution >= 4 is 58.2 Å². The molecule has 3 aromatic rings. The summed E-state index contributed by atoms with van der Waals surface area (Å²) in [5, 5.41) is 0.499. The normalized spacial score (nSPS) is 15.7. The van der Waals surface area contributed by atoms with Gasteiger partial charge < -0.3 is 14.2 Å². The summed E-state index contributed by atoms with van der Waals surface area (Å²) in [5.41, 5.74) is 1.61. The predicted molar refractivity (Wildman–Crippen MR) is 132 cm³/mol. The molecular formula is C25H15Cl2NO6S. The number of halogens is 2. The number of carbonyl (C=O) groups is 3. The molecule has 0 atom stereocenters. The number of benzene rings is 3. The molecule has 1 saturated heterocycles. The van der Waals surface area contributed by atoms with E-state index in [1.807, 2.05) is 0 Å². The maximum absolute atomic E-state index is 12.9. The Hall–Kier alpha value is -3.46. The number of thioether (sulfide) groups is 1. The number of nitrogens with zero attached hydrogens (tertiary/aromatic N) is 1. The van der Waals surface area contributed by atoms with E-state index in [2.05, 4.69) is 0 Å². The van der Waals surface area contributed by atoms with Crippen molar-refractivity contribution in [1.82, 2.24) is 4.90 Å². The molecule has 0 N–H and O–H groups in total. The molecule has 0 aromatic heterocycles. The van der Waals surface area contributed by atoms with Crippen LogP contribution in [0.2, 0.25) is 10.0 Å². The smallest absolute Gasteiger partial charge is 0.343 e. The van der Waals surface area contributed by atoms with Crippen molar-refractivity contribution in [3.8, 4) is 17.2 Å². The fourth-order valence-corrected chi connectivity index (χ4v) is 4.60. The van der Waals surface area contributed by atoms with E-state index >= 15 is 0 Å². The second kappa shape index (κ2) is 9.65. The molecule has 0 radical (unpaired) electrons. The van der Waals surface area contributed by atoms with E-state index in [1.54, 1.807) is 66.7 Å². The third-order valence-electron chi connectivity index (χ3n) is 5.21. The van der Waals surface area contributed by atoms with Crippen molar-refractivity contribution in [3.63, 3.8) is 0 Å². The molecule has 0 unspecified atom stereocenters. The maximum Gasteiger partial charge on any atom is 0.343 e. The van der Waals surface area contributed by atoms with E-state index in [1.165, 1.54) is 0 Å². The Morgan fingerprint density at radius 3 is 2.40 bits per heavy atom. The van der Waals surface area contributed by atoms with Crippen LogP contribution in [0.25, 0.3) is 6.08 Å². The summed E-state index contributed by atoms with van der Waals surface area (Å²) < 4.78 is 16.0.